The van der Waals surface area contributed by atoms with Crippen molar-refractivity contribution in [3.8, 4) is 28.5 Å². The highest BCUT2D eigenvalue weighted by molar-refractivity contribution is 5.82. The second kappa shape index (κ2) is 5.02. The zero-order valence-electron chi connectivity index (χ0n) is 11.0. The van der Waals surface area contributed by atoms with Crippen LogP contribution in [-0.4, -0.2) is 5.16 Å². The van der Waals surface area contributed by atoms with Crippen LogP contribution in [-0.2, 0) is 0 Å². The quantitative estimate of drug-likeness (QED) is 0.694. The lowest BCUT2D eigenvalue weighted by molar-refractivity contribution is 0.400. The minimum atomic E-state index is 0.627. The average Bonchev–Trinajstić information content (AvgIpc) is 2.90. The summed E-state index contributed by atoms with van der Waals surface area (Å²) in [6, 6.07) is 19.5. The van der Waals surface area contributed by atoms with E-state index >= 15 is 0 Å². The van der Waals surface area contributed by atoms with Crippen molar-refractivity contribution in [2.45, 2.75) is 6.92 Å². The molecule has 3 rings (SSSR count). The molecule has 3 heteroatoms. The molecule has 0 saturated heterocycles. The van der Waals surface area contributed by atoms with Crippen molar-refractivity contribution >= 4 is 0 Å². The molecule has 0 bridgehead atoms. The third-order valence-corrected chi connectivity index (χ3v) is 3.19. The lowest BCUT2D eigenvalue weighted by atomic mass is 9.98. The Morgan fingerprint density at radius 1 is 1.00 bits per heavy atom. The number of rotatable bonds is 2. The molecule has 96 valence electrons. The Labute approximate surface area is 117 Å². The summed E-state index contributed by atoms with van der Waals surface area (Å²) in [5.41, 5.74) is 4.32. The van der Waals surface area contributed by atoms with Gasteiger partial charge in [0.15, 0.2) is 0 Å². The molecule has 0 saturated carbocycles. The van der Waals surface area contributed by atoms with E-state index in [1.807, 2.05) is 55.5 Å². The summed E-state index contributed by atoms with van der Waals surface area (Å²) in [7, 11) is 0. The number of hydrogen-bond acceptors (Lipinski definition) is 3. The lowest BCUT2D eigenvalue weighted by Gasteiger charge is -2.03. The van der Waals surface area contributed by atoms with Gasteiger partial charge in [0.25, 0.3) is 0 Å². The minimum absolute atomic E-state index is 0.627. The first-order chi connectivity index (χ1) is 9.79. The lowest BCUT2D eigenvalue weighted by Crippen LogP contribution is -1.85. The summed E-state index contributed by atoms with van der Waals surface area (Å²) in [6.07, 6.45) is 0. The summed E-state index contributed by atoms with van der Waals surface area (Å²) in [5.74, 6) is 0.749. The minimum Gasteiger partial charge on any atom is -0.360 e. The Hall–Kier alpha value is -2.86. The molecule has 2 aromatic carbocycles. The van der Waals surface area contributed by atoms with E-state index in [1.165, 1.54) is 0 Å². The van der Waals surface area contributed by atoms with Crippen LogP contribution in [0.5, 0.6) is 0 Å². The van der Waals surface area contributed by atoms with Crippen molar-refractivity contribution in [1.29, 1.82) is 5.26 Å². The van der Waals surface area contributed by atoms with Gasteiger partial charge in [-0.05, 0) is 24.6 Å². The molecule has 0 aliphatic heterocycles. The first-order valence-electron chi connectivity index (χ1n) is 6.32. The molecule has 0 radical (unpaired) electrons. The predicted octanol–water partition coefficient (Wildman–Crippen LogP) is 4.19. The maximum absolute atomic E-state index is 9.03. The first kappa shape index (κ1) is 12.2. The summed E-state index contributed by atoms with van der Waals surface area (Å²) >= 11 is 0. The highest BCUT2D eigenvalue weighted by Gasteiger charge is 2.16. The molecule has 0 fully saturated rings. The zero-order valence-corrected chi connectivity index (χ0v) is 11.0. The van der Waals surface area contributed by atoms with E-state index in [-0.39, 0.29) is 0 Å². The molecule has 3 nitrogen and oxygen atoms in total. The molecule has 0 unspecified atom stereocenters. The normalized spacial score (nSPS) is 10.2. The Balaban J connectivity index is 2.19. The monoisotopic (exact) mass is 260 g/mol. The van der Waals surface area contributed by atoms with Gasteiger partial charge >= 0.3 is 0 Å². The van der Waals surface area contributed by atoms with Crippen LogP contribution in [0.4, 0.5) is 0 Å². The standard InChI is InChI=1S/C17H12N2O/c1-12-16(15-9-5-6-13(10-15)11-18)17(19-20-12)14-7-3-2-4-8-14/h2-10H,1H3. The van der Waals surface area contributed by atoms with Crippen molar-refractivity contribution in [2.75, 3.05) is 0 Å². The highest BCUT2D eigenvalue weighted by Crippen LogP contribution is 2.34. The van der Waals surface area contributed by atoms with Gasteiger partial charge < -0.3 is 4.52 Å². The topological polar surface area (TPSA) is 49.8 Å². The van der Waals surface area contributed by atoms with E-state index in [0.717, 1.165) is 28.1 Å². The van der Waals surface area contributed by atoms with Crippen molar-refractivity contribution < 1.29 is 4.52 Å². The van der Waals surface area contributed by atoms with Crippen molar-refractivity contribution in [3.63, 3.8) is 0 Å². The van der Waals surface area contributed by atoms with Gasteiger partial charge in [0.1, 0.15) is 11.5 Å². The maximum Gasteiger partial charge on any atom is 0.142 e. The van der Waals surface area contributed by atoms with E-state index in [9.17, 15) is 0 Å². The molecule has 3 aromatic rings. The molecule has 1 aromatic heterocycles. The second-order valence-electron chi connectivity index (χ2n) is 4.52. The number of benzene rings is 2. The van der Waals surface area contributed by atoms with Gasteiger partial charge in [0.05, 0.1) is 17.2 Å². The zero-order chi connectivity index (χ0) is 13.9. The van der Waals surface area contributed by atoms with Crippen molar-refractivity contribution in [1.82, 2.24) is 5.16 Å². The van der Waals surface area contributed by atoms with Crippen LogP contribution in [0.15, 0.2) is 59.1 Å². The van der Waals surface area contributed by atoms with E-state index in [4.69, 9.17) is 9.78 Å². The smallest absolute Gasteiger partial charge is 0.142 e. The third-order valence-electron chi connectivity index (χ3n) is 3.19. The number of hydrogen-bond donors (Lipinski definition) is 0. The maximum atomic E-state index is 9.03. The molecule has 0 spiro atoms. The van der Waals surface area contributed by atoms with Gasteiger partial charge in [-0.2, -0.15) is 5.26 Å². The van der Waals surface area contributed by atoms with Crippen LogP contribution < -0.4 is 0 Å². The summed E-state index contributed by atoms with van der Waals surface area (Å²) in [4.78, 5) is 0. The molecular formula is C17H12N2O. The van der Waals surface area contributed by atoms with Crippen LogP contribution in [0.1, 0.15) is 11.3 Å². The van der Waals surface area contributed by atoms with E-state index in [2.05, 4.69) is 11.2 Å². The Morgan fingerprint density at radius 3 is 2.50 bits per heavy atom. The molecule has 0 amide bonds. The van der Waals surface area contributed by atoms with Gasteiger partial charge in [-0.3, -0.25) is 0 Å². The largest absolute Gasteiger partial charge is 0.360 e. The predicted molar refractivity (Wildman–Crippen MR) is 76.8 cm³/mol. The fraction of sp³-hybridized carbons (Fsp3) is 0.0588. The number of nitriles is 1. The Morgan fingerprint density at radius 2 is 1.75 bits per heavy atom. The second-order valence-corrected chi connectivity index (χ2v) is 4.52. The average molecular weight is 260 g/mol. The molecule has 0 aliphatic carbocycles. The molecule has 1 heterocycles. The Bertz CT molecular complexity index is 782. The number of aromatic nitrogens is 1. The summed E-state index contributed by atoms with van der Waals surface area (Å²) in [5, 5.41) is 13.2. The summed E-state index contributed by atoms with van der Waals surface area (Å²) < 4.78 is 5.35. The van der Waals surface area contributed by atoms with Gasteiger partial charge in [0.2, 0.25) is 0 Å². The van der Waals surface area contributed by atoms with Crippen LogP contribution in [0.3, 0.4) is 0 Å². The Kier molecular flexibility index (Phi) is 3.06. The summed E-state index contributed by atoms with van der Waals surface area (Å²) in [6.45, 7) is 1.88. The van der Waals surface area contributed by atoms with Crippen LogP contribution in [0.2, 0.25) is 0 Å². The van der Waals surface area contributed by atoms with Crippen molar-refractivity contribution in [2.24, 2.45) is 0 Å². The molecule has 20 heavy (non-hydrogen) atoms. The van der Waals surface area contributed by atoms with Crippen LogP contribution in [0.25, 0.3) is 22.4 Å². The number of aryl methyl sites for hydroxylation is 1. The van der Waals surface area contributed by atoms with Gasteiger partial charge in [-0.15, -0.1) is 0 Å². The third kappa shape index (κ3) is 2.08. The van der Waals surface area contributed by atoms with Crippen molar-refractivity contribution in [3.05, 3.63) is 65.9 Å². The molecule has 0 atom stereocenters. The van der Waals surface area contributed by atoms with Gasteiger partial charge in [-0.25, -0.2) is 0 Å². The van der Waals surface area contributed by atoms with E-state index in [1.54, 1.807) is 6.07 Å². The fourth-order valence-corrected chi connectivity index (χ4v) is 2.25. The fourth-order valence-electron chi connectivity index (χ4n) is 2.25. The van der Waals surface area contributed by atoms with E-state index < -0.39 is 0 Å². The highest BCUT2D eigenvalue weighted by atomic mass is 16.5. The molecular weight excluding hydrogens is 248 g/mol. The molecule has 0 aliphatic rings. The van der Waals surface area contributed by atoms with E-state index in [0.29, 0.717) is 5.56 Å². The van der Waals surface area contributed by atoms with Gasteiger partial charge in [-0.1, -0.05) is 47.6 Å². The molecule has 0 N–H and O–H groups in total. The van der Waals surface area contributed by atoms with Gasteiger partial charge in [0, 0.05) is 5.56 Å². The first-order valence-corrected chi connectivity index (χ1v) is 6.32. The SMILES string of the molecule is Cc1onc(-c2ccccc2)c1-c1cccc(C#N)c1. The number of nitrogens with zero attached hydrogens (tertiary/aromatic N) is 2. The van der Waals surface area contributed by atoms with Crippen LogP contribution >= 0.6 is 0 Å². The van der Waals surface area contributed by atoms with Crippen LogP contribution in [0, 0.1) is 18.3 Å².